The van der Waals surface area contributed by atoms with Crippen molar-refractivity contribution in [2.45, 2.75) is 6.10 Å². The van der Waals surface area contributed by atoms with Crippen LogP contribution in [0.5, 0.6) is 0 Å². The summed E-state index contributed by atoms with van der Waals surface area (Å²) in [5, 5.41) is 12.5. The van der Waals surface area contributed by atoms with Crippen LogP contribution in [0.1, 0.15) is 16.5 Å². The van der Waals surface area contributed by atoms with Crippen LogP contribution < -0.4 is 0 Å². The Labute approximate surface area is 116 Å². The van der Waals surface area contributed by atoms with E-state index in [9.17, 15) is 9.50 Å². The lowest BCUT2D eigenvalue weighted by atomic mass is 10.1. The smallest absolute Gasteiger partial charge is 0.130 e. The Balaban J connectivity index is 2.03. The molecule has 0 aliphatic rings. The van der Waals surface area contributed by atoms with E-state index in [0.717, 1.165) is 14.3 Å². The molecule has 0 amide bonds. The molecule has 0 saturated heterocycles. The van der Waals surface area contributed by atoms with Crippen molar-refractivity contribution in [2.75, 3.05) is 0 Å². The van der Waals surface area contributed by atoms with Crippen LogP contribution in [0.3, 0.4) is 0 Å². The van der Waals surface area contributed by atoms with E-state index < -0.39 is 11.9 Å². The third-order valence-electron chi connectivity index (χ3n) is 2.69. The molecule has 0 bridgehead atoms. The van der Waals surface area contributed by atoms with Crippen molar-refractivity contribution in [1.29, 1.82) is 0 Å². The number of hydrogen-bond donors (Lipinski definition) is 1. The number of fused-ring (bicyclic) bond motifs is 1. The summed E-state index contributed by atoms with van der Waals surface area (Å²) >= 11 is 8.79. The van der Waals surface area contributed by atoms with E-state index in [0.29, 0.717) is 5.02 Å². The third-order valence-corrected chi connectivity index (χ3v) is 5.07. The number of benzene rings is 1. The van der Waals surface area contributed by atoms with Gasteiger partial charge in [0.25, 0.3) is 0 Å². The zero-order valence-corrected chi connectivity index (χ0v) is 11.5. The van der Waals surface area contributed by atoms with Crippen molar-refractivity contribution in [1.82, 2.24) is 0 Å². The van der Waals surface area contributed by atoms with Gasteiger partial charge in [0.15, 0.2) is 0 Å². The largest absolute Gasteiger partial charge is 0.383 e. The van der Waals surface area contributed by atoms with Crippen molar-refractivity contribution in [3.8, 4) is 0 Å². The van der Waals surface area contributed by atoms with Gasteiger partial charge in [0.1, 0.15) is 11.9 Å². The molecule has 0 radical (unpaired) electrons. The zero-order chi connectivity index (χ0) is 12.7. The highest BCUT2D eigenvalue weighted by Gasteiger charge is 2.18. The van der Waals surface area contributed by atoms with Gasteiger partial charge in [-0.2, -0.15) is 0 Å². The van der Waals surface area contributed by atoms with E-state index in [4.69, 9.17) is 11.6 Å². The highest BCUT2D eigenvalue weighted by molar-refractivity contribution is 7.26. The lowest BCUT2D eigenvalue weighted by Gasteiger charge is -2.10. The monoisotopic (exact) mass is 298 g/mol. The maximum Gasteiger partial charge on any atom is 0.130 e. The van der Waals surface area contributed by atoms with Crippen LogP contribution >= 0.6 is 34.3 Å². The second-order valence-corrected chi connectivity index (χ2v) is 6.37. The van der Waals surface area contributed by atoms with Crippen LogP contribution in [-0.2, 0) is 0 Å². The van der Waals surface area contributed by atoms with Gasteiger partial charge < -0.3 is 5.11 Å². The summed E-state index contributed by atoms with van der Waals surface area (Å²) in [6.45, 7) is 0. The first kappa shape index (κ1) is 12.1. The summed E-state index contributed by atoms with van der Waals surface area (Å²) in [6.07, 6.45) is -0.938. The van der Waals surface area contributed by atoms with E-state index in [1.54, 1.807) is 17.4 Å². The summed E-state index contributed by atoms with van der Waals surface area (Å²) in [7, 11) is 0. The maximum atomic E-state index is 13.7. The SMILES string of the molecule is OC(c1cc2sccc2s1)c1ccc(Cl)cc1F. The predicted octanol–water partition coefficient (Wildman–Crippen LogP) is 4.84. The molecule has 2 aromatic heterocycles. The Morgan fingerprint density at radius 3 is 2.72 bits per heavy atom. The topological polar surface area (TPSA) is 20.2 Å². The predicted molar refractivity (Wildman–Crippen MR) is 75.2 cm³/mol. The lowest BCUT2D eigenvalue weighted by Crippen LogP contribution is -2.00. The van der Waals surface area contributed by atoms with Gasteiger partial charge in [-0.05, 0) is 29.6 Å². The van der Waals surface area contributed by atoms with Gasteiger partial charge in [0.05, 0.1) is 0 Å². The molecule has 0 spiro atoms. The van der Waals surface area contributed by atoms with Crippen molar-refractivity contribution >= 4 is 43.7 Å². The summed E-state index contributed by atoms with van der Waals surface area (Å²) in [6, 6.07) is 8.23. The fourth-order valence-corrected chi connectivity index (χ4v) is 4.08. The van der Waals surface area contributed by atoms with Gasteiger partial charge in [0.2, 0.25) is 0 Å². The highest BCUT2D eigenvalue weighted by atomic mass is 35.5. The van der Waals surface area contributed by atoms with Crippen LogP contribution in [0.15, 0.2) is 35.7 Å². The maximum absolute atomic E-state index is 13.7. The molecule has 1 aromatic carbocycles. The minimum atomic E-state index is -0.938. The molecule has 1 N–H and O–H groups in total. The Morgan fingerprint density at radius 2 is 2.00 bits per heavy atom. The lowest BCUT2D eigenvalue weighted by molar-refractivity contribution is 0.219. The molecule has 1 nitrogen and oxygen atoms in total. The molecule has 18 heavy (non-hydrogen) atoms. The second kappa shape index (κ2) is 4.63. The molecule has 1 unspecified atom stereocenters. The Bertz CT molecular complexity index is 675. The number of aliphatic hydroxyl groups excluding tert-OH is 1. The number of halogens is 2. The van der Waals surface area contributed by atoms with Crippen molar-refractivity contribution < 1.29 is 9.50 Å². The molecule has 3 aromatic rings. The number of rotatable bonds is 2. The third kappa shape index (κ3) is 2.06. The fourth-order valence-electron chi connectivity index (χ4n) is 1.80. The van der Waals surface area contributed by atoms with Crippen LogP contribution in [0.25, 0.3) is 9.40 Å². The fraction of sp³-hybridized carbons (Fsp3) is 0.0769. The van der Waals surface area contributed by atoms with E-state index in [1.807, 2.05) is 17.5 Å². The molecule has 3 rings (SSSR count). The van der Waals surface area contributed by atoms with Crippen molar-refractivity contribution in [2.24, 2.45) is 0 Å². The molecule has 0 fully saturated rings. The summed E-state index contributed by atoms with van der Waals surface area (Å²) in [5.74, 6) is -0.480. The van der Waals surface area contributed by atoms with Crippen LogP contribution in [-0.4, -0.2) is 5.11 Å². The highest BCUT2D eigenvalue weighted by Crippen LogP contribution is 2.36. The minimum absolute atomic E-state index is 0.258. The molecule has 1 atom stereocenters. The first-order valence-corrected chi connectivity index (χ1v) is 7.32. The minimum Gasteiger partial charge on any atom is -0.383 e. The summed E-state index contributed by atoms with van der Waals surface area (Å²) < 4.78 is 16.0. The molecule has 0 saturated carbocycles. The molecule has 0 aliphatic carbocycles. The first-order valence-electron chi connectivity index (χ1n) is 5.25. The number of thiophene rings is 2. The normalized spacial score (nSPS) is 13.1. The van der Waals surface area contributed by atoms with Gasteiger partial charge in [-0.1, -0.05) is 17.7 Å². The van der Waals surface area contributed by atoms with Gasteiger partial charge in [-0.3, -0.25) is 0 Å². The molecule has 0 aliphatic heterocycles. The summed E-state index contributed by atoms with van der Waals surface area (Å²) in [4.78, 5) is 0.748. The number of hydrogen-bond acceptors (Lipinski definition) is 3. The quantitative estimate of drug-likeness (QED) is 0.718. The van der Waals surface area contributed by atoms with Crippen molar-refractivity contribution in [3.05, 3.63) is 57.0 Å². The van der Waals surface area contributed by atoms with E-state index in [2.05, 4.69) is 0 Å². The Hall–Kier alpha value is -0.940. The first-order chi connectivity index (χ1) is 8.65. The van der Waals surface area contributed by atoms with E-state index in [1.165, 1.54) is 23.5 Å². The van der Waals surface area contributed by atoms with Gasteiger partial charge in [-0.25, -0.2) is 4.39 Å². The average molecular weight is 299 g/mol. The molecule has 5 heteroatoms. The van der Waals surface area contributed by atoms with E-state index >= 15 is 0 Å². The second-order valence-electron chi connectivity index (χ2n) is 3.87. The Kier molecular flexibility index (Phi) is 3.11. The van der Waals surface area contributed by atoms with Gasteiger partial charge in [-0.15, -0.1) is 22.7 Å². The standard InChI is InChI=1S/C13H8ClFOS2/c14-7-1-2-8(9(15)5-7)13(16)12-6-11-10(18-12)3-4-17-11/h1-6,13,16H. The zero-order valence-electron chi connectivity index (χ0n) is 9.06. The summed E-state index contributed by atoms with van der Waals surface area (Å²) in [5.41, 5.74) is 0.258. The van der Waals surface area contributed by atoms with Gasteiger partial charge >= 0.3 is 0 Å². The van der Waals surface area contributed by atoms with Crippen LogP contribution in [0.2, 0.25) is 5.02 Å². The van der Waals surface area contributed by atoms with Crippen LogP contribution in [0.4, 0.5) is 4.39 Å². The number of aliphatic hydroxyl groups is 1. The van der Waals surface area contributed by atoms with Crippen LogP contribution in [0, 0.1) is 5.82 Å². The van der Waals surface area contributed by atoms with Gasteiger partial charge in [0, 0.05) is 24.9 Å². The van der Waals surface area contributed by atoms with Crippen molar-refractivity contribution in [3.63, 3.8) is 0 Å². The molecule has 2 heterocycles. The molecule has 92 valence electrons. The van der Waals surface area contributed by atoms with E-state index in [-0.39, 0.29) is 5.56 Å². The average Bonchev–Trinajstić information content (AvgIpc) is 2.87. The molecular formula is C13H8ClFOS2. The Morgan fingerprint density at radius 1 is 1.17 bits per heavy atom. The molecular weight excluding hydrogens is 291 g/mol.